The molecule has 1 amide bonds. The SMILES string of the molecule is NNC(=O)CN(c1cc(Cl)c(Cl)cc1Cl)S(=O)(=O)c1ccccc1. The predicted octanol–water partition coefficient (Wildman–Crippen LogP) is 2.83. The molecule has 0 bridgehead atoms. The molecule has 0 saturated heterocycles. The quantitative estimate of drug-likeness (QED) is 0.344. The molecule has 2 aromatic rings. The molecular weight excluding hydrogens is 397 g/mol. The Morgan fingerprint density at radius 2 is 1.62 bits per heavy atom. The van der Waals surface area contributed by atoms with Gasteiger partial charge in [-0.25, -0.2) is 14.3 Å². The van der Waals surface area contributed by atoms with Gasteiger partial charge in [-0.15, -0.1) is 0 Å². The Morgan fingerprint density at radius 3 is 2.21 bits per heavy atom. The van der Waals surface area contributed by atoms with Crippen molar-refractivity contribution in [1.29, 1.82) is 0 Å². The highest BCUT2D eigenvalue weighted by Crippen LogP contribution is 2.36. The number of halogens is 3. The lowest BCUT2D eigenvalue weighted by Crippen LogP contribution is -2.43. The van der Waals surface area contributed by atoms with Crippen LogP contribution >= 0.6 is 34.8 Å². The van der Waals surface area contributed by atoms with Crippen LogP contribution in [0.1, 0.15) is 0 Å². The van der Waals surface area contributed by atoms with Crippen molar-refractivity contribution >= 4 is 56.4 Å². The van der Waals surface area contributed by atoms with Crippen LogP contribution in [0.3, 0.4) is 0 Å². The topological polar surface area (TPSA) is 92.5 Å². The maximum atomic E-state index is 12.9. The van der Waals surface area contributed by atoms with E-state index in [-0.39, 0.29) is 25.7 Å². The van der Waals surface area contributed by atoms with E-state index in [1.165, 1.54) is 24.3 Å². The Balaban J connectivity index is 2.62. The number of sulfonamides is 1. The molecule has 0 unspecified atom stereocenters. The van der Waals surface area contributed by atoms with Gasteiger partial charge in [-0.3, -0.25) is 14.5 Å². The number of rotatable bonds is 5. The highest BCUT2D eigenvalue weighted by atomic mass is 35.5. The van der Waals surface area contributed by atoms with E-state index in [4.69, 9.17) is 40.6 Å². The Bertz CT molecular complexity index is 860. The van der Waals surface area contributed by atoms with Crippen molar-refractivity contribution < 1.29 is 13.2 Å². The molecule has 0 aliphatic heterocycles. The van der Waals surface area contributed by atoms with Crippen molar-refractivity contribution in [3.8, 4) is 0 Å². The molecule has 2 aromatic carbocycles. The standard InChI is InChI=1S/C14H12Cl3N3O3S/c15-10-6-12(17)13(7-11(10)16)20(8-14(21)19-18)24(22,23)9-4-2-1-3-5-9/h1-7H,8,18H2,(H,19,21). The van der Waals surface area contributed by atoms with Crippen molar-refractivity contribution in [3.05, 3.63) is 57.5 Å². The second-order valence-corrected chi connectivity index (χ2v) is 7.69. The number of benzene rings is 2. The zero-order chi connectivity index (χ0) is 17.9. The minimum atomic E-state index is -4.08. The number of anilines is 1. The van der Waals surface area contributed by atoms with Crippen LogP contribution < -0.4 is 15.6 Å². The molecular formula is C14H12Cl3N3O3S. The zero-order valence-corrected chi connectivity index (χ0v) is 15.1. The van der Waals surface area contributed by atoms with E-state index >= 15 is 0 Å². The maximum absolute atomic E-state index is 12.9. The zero-order valence-electron chi connectivity index (χ0n) is 12.0. The molecule has 10 heteroatoms. The maximum Gasteiger partial charge on any atom is 0.264 e. The summed E-state index contributed by atoms with van der Waals surface area (Å²) < 4.78 is 26.6. The van der Waals surface area contributed by atoms with Crippen LogP contribution in [-0.2, 0) is 14.8 Å². The van der Waals surface area contributed by atoms with Crippen LogP contribution in [0, 0.1) is 0 Å². The number of hydrazine groups is 1. The fraction of sp³-hybridized carbons (Fsp3) is 0.0714. The van der Waals surface area contributed by atoms with Gasteiger partial charge in [0.15, 0.2) is 0 Å². The van der Waals surface area contributed by atoms with Gasteiger partial charge in [-0.05, 0) is 24.3 Å². The van der Waals surface area contributed by atoms with Crippen LogP contribution in [0.2, 0.25) is 15.1 Å². The minimum Gasteiger partial charge on any atom is -0.293 e. The molecule has 0 fully saturated rings. The van der Waals surface area contributed by atoms with Gasteiger partial charge in [0.1, 0.15) is 6.54 Å². The van der Waals surface area contributed by atoms with Crippen molar-refractivity contribution in [3.63, 3.8) is 0 Å². The fourth-order valence-electron chi connectivity index (χ4n) is 1.90. The molecule has 6 nitrogen and oxygen atoms in total. The molecule has 0 atom stereocenters. The van der Waals surface area contributed by atoms with Gasteiger partial charge >= 0.3 is 0 Å². The minimum absolute atomic E-state index is 0.0125. The lowest BCUT2D eigenvalue weighted by atomic mass is 10.3. The van der Waals surface area contributed by atoms with Crippen LogP contribution in [-0.4, -0.2) is 20.9 Å². The predicted molar refractivity (Wildman–Crippen MR) is 94.8 cm³/mol. The number of carbonyl (C=O) groups is 1. The smallest absolute Gasteiger partial charge is 0.264 e. The molecule has 128 valence electrons. The second-order valence-electron chi connectivity index (χ2n) is 4.61. The molecule has 0 heterocycles. The van der Waals surface area contributed by atoms with Crippen LogP contribution in [0.25, 0.3) is 0 Å². The molecule has 0 aromatic heterocycles. The van der Waals surface area contributed by atoms with Gasteiger partial charge in [0.2, 0.25) is 0 Å². The number of carbonyl (C=O) groups excluding carboxylic acids is 1. The fourth-order valence-corrected chi connectivity index (χ4v) is 4.04. The molecule has 24 heavy (non-hydrogen) atoms. The number of hydrogen-bond donors (Lipinski definition) is 2. The van der Waals surface area contributed by atoms with Crippen molar-refractivity contribution in [2.45, 2.75) is 4.90 Å². The first-order valence-electron chi connectivity index (χ1n) is 6.49. The average molecular weight is 409 g/mol. The third-order valence-corrected chi connectivity index (χ3v) is 5.84. The monoisotopic (exact) mass is 407 g/mol. The molecule has 3 N–H and O–H groups in total. The number of hydrogen-bond acceptors (Lipinski definition) is 4. The van der Waals surface area contributed by atoms with Gasteiger partial charge in [-0.1, -0.05) is 53.0 Å². The van der Waals surface area contributed by atoms with Crippen molar-refractivity contribution in [2.75, 3.05) is 10.8 Å². The first-order valence-corrected chi connectivity index (χ1v) is 9.06. The highest BCUT2D eigenvalue weighted by Gasteiger charge is 2.29. The molecule has 0 radical (unpaired) electrons. The summed E-state index contributed by atoms with van der Waals surface area (Å²) in [6.07, 6.45) is 0. The average Bonchev–Trinajstić information content (AvgIpc) is 2.56. The summed E-state index contributed by atoms with van der Waals surface area (Å²) in [7, 11) is -4.08. The lowest BCUT2D eigenvalue weighted by molar-refractivity contribution is -0.119. The van der Waals surface area contributed by atoms with E-state index < -0.39 is 22.5 Å². The lowest BCUT2D eigenvalue weighted by Gasteiger charge is -2.25. The van der Waals surface area contributed by atoms with Crippen LogP contribution in [0.4, 0.5) is 5.69 Å². The Hall–Kier alpha value is -1.51. The van der Waals surface area contributed by atoms with Gasteiger partial charge in [0.05, 0.1) is 25.7 Å². The largest absolute Gasteiger partial charge is 0.293 e. The first kappa shape index (κ1) is 18.8. The summed E-state index contributed by atoms with van der Waals surface area (Å²) in [6, 6.07) is 10.2. The van der Waals surface area contributed by atoms with E-state index in [2.05, 4.69) is 0 Å². The molecule has 0 saturated carbocycles. The number of nitrogens with two attached hydrogens (primary N) is 1. The Labute approximate surface area is 154 Å². The van der Waals surface area contributed by atoms with E-state index in [1.807, 2.05) is 5.43 Å². The second kappa shape index (κ2) is 7.58. The Morgan fingerprint density at radius 1 is 1.04 bits per heavy atom. The molecule has 0 spiro atoms. The number of amides is 1. The van der Waals surface area contributed by atoms with Crippen LogP contribution in [0.5, 0.6) is 0 Å². The summed E-state index contributed by atoms with van der Waals surface area (Å²) in [5.74, 6) is 4.35. The van der Waals surface area contributed by atoms with Crippen molar-refractivity contribution in [2.24, 2.45) is 5.84 Å². The molecule has 0 aliphatic carbocycles. The summed E-state index contributed by atoms with van der Waals surface area (Å²) in [4.78, 5) is 11.7. The summed E-state index contributed by atoms with van der Waals surface area (Å²) >= 11 is 17.9. The Kier molecular flexibility index (Phi) is 5.95. The van der Waals surface area contributed by atoms with E-state index in [0.717, 1.165) is 4.31 Å². The van der Waals surface area contributed by atoms with E-state index in [9.17, 15) is 13.2 Å². The van der Waals surface area contributed by atoms with Gasteiger partial charge in [0.25, 0.3) is 15.9 Å². The van der Waals surface area contributed by atoms with Crippen LogP contribution in [0.15, 0.2) is 47.4 Å². The van der Waals surface area contributed by atoms with Gasteiger partial charge in [-0.2, -0.15) is 0 Å². The third kappa shape index (κ3) is 3.93. The van der Waals surface area contributed by atoms with Gasteiger partial charge < -0.3 is 0 Å². The molecule has 2 rings (SSSR count). The van der Waals surface area contributed by atoms with Gasteiger partial charge in [0, 0.05) is 0 Å². The normalized spacial score (nSPS) is 11.2. The third-order valence-electron chi connectivity index (χ3n) is 3.04. The summed E-state index contributed by atoms with van der Waals surface area (Å²) in [5, 5.41) is 0.275. The first-order chi connectivity index (χ1) is 11.3. The van der Waals surface area contributed by atoms with E-state index in [1.54, 1.807) is 18.2 Å². The summed E-state index contributed by atoms with van der Waals surface area (Å²) in [6.45, 7) is -0.578. The highest BCUT2D eigenvalue weighted by molar-refractivity contribution is 7.92. The summed E-state index contributed by atoms with van der Waals surface area (Å²) in [5.41, 5.74) is 1.90. The van der Waals surface area contributed by atoms with E-state index in [0.29, 0.717) is 0 Å². The van der Waals surface area contributed by atoms with Crippen molar-refractivity contribution in [1.82, 2.24) is 5.43 Å². The number of nitrogens with one attached hydrogen (secondary N) is 1. The molecule has 0 aliphatic rings. The number of nitrogens with zero attached hydrogens (tertiary/aromatic N) is 1.